The summed E-state index contributed by atoms with van der Waals surface area (Å²) in [6, 6.07) is 5.95. The number of nitrogens with zero attached hydrogens (tertiary/aromatic N) is 4. The molecular formula is C28H28ClF5N4O9. The highest BCUT2D eigenvalue weighted by Gasteiger charge is 2.34. The number of aliphatic carboxylic acids is 2. The Morgan fingerprint density at radius 3 is 2.02 bits per heavy atom. The van der Waals surface area contributed by atoms with Crippen molar-refractivity contribution in [3.63, 3.8) is 0 Å². The molecule has 1 fully saturated rings. The molecule has 4 N–H and O–H groups in total. The van der Waals surface area contributed by atoms with Crippen LogP contribution in [-0.2, 0) is 29.4 Å². The molecule has 2 heterocycles. The SMILES string of the molecule is CN1CCN(c2cc(OCc3cc(F)c(Oc4ccc(Cl)c(C(F)(F)F)c4)c(F)c3)nc(=O)n2C)CC1.O=C(O)C(O)C(O)C(=O)O. The number of hydrogen-bond acceptors (Lipinski definition) is 10. The largest absolute Gasteiger partial charge is 0.479 e. The first-order valence-corrected chi connectivity index (χ1v) is 13.8. The number of likely N-dealkylation sites (N-methyl/N-ethyl adjacent to an activating group) is 1. The van der Waals surface area contributed by atoms with E-state index in [9.17, 15) is 36.3 Å². The summed E-state index contributed by atoms with van der Waals surface area (Å²) in [4.78, 5) is 39.9. The first-order valence-electron chi connectivity index (χ1n) is 13.4. The number of halogens is 6. The number of anilines is 1. The number of ether oxygens (including phenoxy) is 2. The highest BCUT2D eigenvalue weighted by Crippen LogP contribution is 2.38. The zero-order valence-corrected chi connectivity index (χ0v) is 25.3. The van der Waals surface area contributed by atoms with Crippen LogP contribution < -0.4 is 20.1 Å². The molecule has 19 heteroatoms. The lowest BCUT2D eigenvalue weighted by Crippen LogP contribution is -2.46. The lowest BCUT2D eigenvalue weighted by atomic mass is 10.2. The molecule has 256 valence electrons. The van der Waals surface area contributed by atoms with Gasteiger partial charge in [-0.15, -0.1) is 0 Å². The summed E-state index contributed by atoms with van der Waals surface area (Å²) in [6.45, 7) is 2.70. The predicted octanol–water partition coefficient (Wildman–Crippen LogP) is 2.73. The van der Waals surface area contributed by atoms with Crippen LogP contribution in [-0.4, -0.2) is 92.3 Å². The first-order chi connectivity index (χ1) is 21.9. The van der Waals surface area contributed by atoms with Gasteiger partial charge in [-0.2, -0.15) is 18.2 Å². The highest BCUT2D eigenvalue weighted by atomic mass is 35.5. The second-order valence-electron chi connectivity index (χ2n) is 10.1. The fourth-order valence-electron chi connectivity index (χ4n) is 4.04. The van der Waals surface area contributed by atoms with E-state index in [1.165, 1.54) is 4.57 Å². The van der Waals surface area contributed by atoms with Crippen molar-refractivity contribution >= 4 is 29.4 Å². The summed E-state index contributed by atoms with van der Waals surface area (Å²) < 4.78 is 80.5. The molecule has 13 nitrogen and oxygen atoms in total. The maximum atomic E-state index is 14.6. The van der Waals surface area contributed by atoms with Gasteiger partial charge < -0.3 is 39.7 Å². The summed E-state index contributed by atoms with van der Waals surface area (Å²) in [5.74, 6) is -6.59. The van der Waals surface area contributed by atoms with E-state index < -0.39 is 69.7 Å². The van der Waals surface area contributed by atoms with Crippen molar-refractivity contribution in [3.05, 3.63) is 74.7 Å². The summed E-state index contributed by atoms with van der Waals surface area (Å²) in [6.07, 6.45) is -9.30. The smallest absolute Gasteiger partial charge is 0.417 e. The number of piperazine rings is 1. The van der Waals surface area contributed by atoms with Crippen molar-refractivity contribution in [2.24, 2.45) is 7.05 Å². The summed E-state index contributed by atoms with van der Waals surface area (Å²) in [5.41, 5.74) is -1.69. The number of benzene rings is 2. The minimum Gasteiger partial charge on any atom is -0.479 e. The van der Waals surface area contributed by atoms with Crippen molar-refractivity contribution in [3.8, 4) is 17.4 Å². The van der Waals surface area contributed by atoms with Gasteiger partial charge in [0.2, 0.25) is 5.88 Å². The topological polar surface area (TPSA) is 175 Å². The van der Waals surface area contributed by atoms with Crippen molar-refractivity contribution < 1.29 is 61.4 Å². The van der Waals surface area contributed by atoms with Crippen LogP contribution in [0.15, 0.2) is 41.2 Å². The summed E-state index contributed by atoms with van der Waals surface area (Å²) in [5, 5.41) is 32.0. The minimum absolute atomic E-state index is 0.0148. The maximum absolute atomic E-state index is 14.6. The number of carboxylic acid groups (broad SMARTS) is 2. The lowest BCUT2D eigenvalue weighted by Gasteiger charge is -2.34. The van der Waals surface area contributed by atoms with E-state index in [2.05, 4.69) is 9.88 Å². The molecule has 0 bridgehead atoms. The third-order valence-corrected chi connectivity index (χ3v) is 6.96. The van der Waals surface area contributed by atoms with Crippen molar-refractivity contribution in [2.75, 3.05) is 38.1 Å². The molecule has 2 unspecified atom stereocenters. The van der Waals surface area contributed by atoms with E-state index >= 15 is 0 Å². The molecule has 0 spiro atoms. The Balaban J connectivity index is 0.000000520. The van der Waals surface area contributed by atoms with Crippen LogP contribution in [0.3, 0.4) is 0 Å². The normalized spacial score (nSPS) is 14.9. The number of carboxylic acids is 2. The molecule has 2 aromatic carbocycles. The Labute approximate surface area is 267 Å². The van der Waals surface area contributed by atoms with E-state index in [1.54, 1.807) is 13.1 Å². The van der Waals surface area contributed by atoms with Crippen LogP contribution in [0, 0.1) is 11.6 Å². The average Bonchev–Trinajstić information content (AvgIpc) is 2.99. The van der Waals surface area contributed by atoms with Gasteiger partial charge in [0, 0.05) is 39.3 Å². The zero-order chi connectivity index (χ0) is 35.2. The molecule has 0 radical (unpaired) electrons. The molecule has 1 aliphatic rings. The minimum atomic E-state index is -4.77. The van der Waals surface area contributed by atoms with E-state index in [1.807, 2.05) is 11.9 Å². The molecule has 0 saturated carbocycles. The van der Waals surface area contributed by atoms with Gasteiger partial charge >= 0.3 is 23.8 Å². The number of aliphatic hydroxyl groups is 2. The van der Waals surface area contributed by atoms with E-state index in [0.717, 1.165) is 37.4 Å². The van der Waals surface area contributed by atoms with Crippen LogP contribution in [0.5, 0.6) is 17.4 Å². The van der Waals surface area contributed by atoms with Gasteiger partial charge in [0.05, 0.1) is 10.6 Å². The molecule has 4 rings (SSSR count). The van der Waals surface area contributed by atoms with Gasteiger partial charge in [-0.25, -0.2) is 23.2 Å². The fraction of sp³-hybridized carbons (Fsp3) is 0.357. The number of carbonyl (C=O) groups is 2. The van der Waals surface area contributed by atoms with Crippen LogP contribution in [0.2, 0.25) is 5.02 Å². The van der Waals surface area contributed by atoms with E-state index in [4.69, 9.17) is 41.5 Å². The summed E-state index contributed by atoms with van der Waals surface area (Å²) >= 11 is 5.56. The van der Waals surface area contributed by atoms with Crippen LogP contribution in [0.1, 0.15) is 11.1 Å². The van der Waals surface area contributed by atoms with Crippen molar-refractivity contribution in [1.29, 1.82) is 0 Å². The Morgan fingerprint density at radius 1 is 0.957 bits per heavy atom. The Kier molecular flexibility index (Phi) is 12.1. The van der Waals surface area contributed by atoms with E-state index in [-0.39, 0.29) is 18.1 Å². The second-order valence-corrected chi connectivity index (χ2v) is 10.5. The number of alkyl halides is 3. The van der Waals surface area contributed by atoms with Crippen LogP contribution in [0.4, 0.5) is 27.8 Å². The standard InChI is InChI=1S/C24H22ClF5N4O3.C4H6O6/c1-32-5-7-34(8-6-32)21-12-20(31-23(35)33(21)2)36-13-14-9-18(26)22(19(27)10-14)37-15-3-4-17(25)16(11-15)24(28,29)30;5-1(3(7)8)2(6)4(9)10/h3-4,9-12H,5-8,13H2,1-2H3;1-2,5-6H,(H,7,8)(H,9,10). The number of aromatic nitrogens is 2. The Hall–Kier alpha value is -4.52. The quantitative estimate of drug-likeness (QED) is 0.242. The first kappa shape index (κ1) is 36.9. The van der Waals surface area contributed by atoms with Crippen molar-refractivity contribution in [2.45, 2.75) is 25.0 Å². The van der Waals surface area contributed by atoms with E-state index in [0.29, 0.717) is 25.0 Å². The molecule has 1 aliphatic heterocycles. The van der Waals surface area contributed by atoms with Gasteiger partial charge in [0.25, 0.3) is 0 Å². The molecule has 0 amide bonds. The molecular weight excluding hydrogens is 667 g/mol. The highest BCUT2D eigenvalue weighted by molar-refractivity contribution is 6.31. The molecule has 1 saturated heterocycles. The molecule has 0 aliphatic carbocycles. The van der Waals surface area contributed by atoms with Gasteiger partial charge in [-0.1, -0.05) is 11.6 Å². The zero-order valence-electron chi connectivity index (χ0n) is 24.5. The van der Waals surface area contributed by atoms with Gasteiger partial charge in [0.1, 0.15) is 18.2 Å². The number of rotatable bonds is 9. The second kappa shape index (κ2) is 15.4. The van der Waals surface area contributed by atoms with Gasteiger partial charge in [0.15, 0.2) is 29.6 Å². The maximum Gasteiger partial charge on any atom is 0.417 e. The third kappa shape index (κ3) is 9.74. The van der Waals surface area contributed by atoms with Crippen LogP contribution in [0.25, 0.3) is 0 Å². The fourth-order valence-corrected chi connectivity index (χ4v) is 4.27. The van der Waals surface area contributed by atoms with Gasteiger partial charge in [-0.3, -0.25) is 4.57 Å². The number of aliphatic hydroxyl groups excluding tert-OH is 2. The molecule has 2 atom stereocenters. The van der Waals surface area contributed by atoms with Crippen molar-refractivity contribution in [1.82, 2.24) is 14.5 Å². The molecule has 3 aromatic rings. The number of hydrogen-bond donors (Lipinski definition) is 4. The average molecular weight is 695 g/mol. The third-order valence-electron chi connectivity index (χ3n) is 6.63. The Morgan fingerprint density at radius 2 is 1.51 bits per heavy atom. The lowest BCUT2D eigenvalue weighted by molar-refractivity contribution is -0.165. The monoisotopic (exact) mass is 694 g/mol. The predicted molar refractivity (Wildman–Crippen MR) is 154 cm³/mol. The molecule has 47 heavy (non-hydrogen) atoms. The summed E-state index contributed by atoms with van der Waals surface area (Å²) in [7, 11) is 3.59. The molecule has 1 aromatic heterocycles. The van der Waals surface area contributed by atoms with Gasteiger partial charge in [-0.05, 0) is 42.9 Å². The Bertz CT molecular complexity index is 1630. The van der Waals surface area contributed by atoms with Crippen LogP contribution >= 0.6 is 11.6 Å².